The Kier molecular flexibility index (Phi) is 5.67. The Bertz CT molecular complexity index is 1120. The Balaban J connectivity index is 1.42. The normalized spacial score (nSPS) is 13.3. The second-order valence-corrected chi connectivity index (χ2v) is 7.97. The molecule has 2 heterocycles. The summed E-state index contributed by atoms with van der Waals surface area (Å²) in [5.74, 6) is 0.250. The van der Waals surface area contributed by atoms with Gasteiger partial charge in [-0.1, -0.05) is 17.3 Å². The van der Waals surface area contributed by atoms with Crippen molar-refractivity contribution in [3.05, 3.63) is 69.9 Å². The standard InChI is InChI=1S/C24H26N2O5/c1-14-11-20(16(3)26(14)18-9-10-18)22(27)13-30-24(28)19-7-5-6-8-23(19)29-12-21-15(2)25-31-17(21)4/h5-8,11,18H,9-10,12-13H2,1-4H3. The van der Waals surface area contributed by atoms with E-state index in [9.17, 15) is 9.59 Å². The van der Waals surface area contributed by atoms with Crippen molar-refractivity contribution in [2.75, 3.05) is 6.61 Å². The first-order valence-electron chi connectivity index (χ1n) is 10.4. The summed E-state index contributed by atoms with van der Waals surface area (Å²) >= 11 is 0. The van der Waals surface area contributed by atoms with Crippen LogP contribution in [0, 0.1) is 27.7 Å². The summed E-state index contributed by atoms with van der Waals surface area (Å²) in [6.07, 6.45) is 2.29. The SMILES string of the molecule is Cc1noc(C)c1COc1ccccc1C(=O)OCC(=O)c1cc(C)n(C2CC2)c1C. The van der Waals surface area contributed by atoms with Crippen molar-refractivity contribution in [2.45, 2.75) is 53.2 Å². The van der Waals surface area contributed by atoms with Gasteiger partial charge in [0, 0.05) is 23.0 Å². The fourth-order valence-corrected chi connectivity index (χ4v) is 3.86. The predicted molar refractivity (Wildman–Crippen MR) is 114 cm³/mol. The van der Waals surface area contributed by atoms with Crippen molar-refractivity contribution in [1.29, 1.82) is 0 Å². The highest BCUT2D eigenvalue weighted by atomic mass is 16.5. The molecule has 2 aromatic heterocycles. The molecule has 0 aliphatic heterocycles. The van der Waals surface area contributed by atoms with Gasteiger partial charge >= 0.3 is 5.97 Å². The van der Waals surface area contributed by atoms with Gasteiger partial charge in [-0.3, -0.25) is 4.79 Å². The lowest BCUT2D eigenvalue weighted by atomic mass is 10.1. The zero-order valence-electron chi connectivity index (χ0n) is 18.2. The topological polar surface area (TPSA) is 83.6 Å². The van der Waals surface area contributed by atoms with Gasteiger partial charge in [0.05, 0.1) is 11.3 Å². The second-order valence-electron chi connectivity index (χ2n) is 7.97. The lowest BCUT2D eigenvalue weighted by Crippen LogP contribution is -2.16. The molecule has 0 amide bonds. The predicted octanol–water partition coefficient (Wildman–Crippen LogP) is 4.66. The molecule has 0 radical (unpaired) electrons. The van der Waals surface area contributed by atoms with E-state index in [0.717, 1.165) is 35.5 Å². The van der Waals surface area contributed by atoms with Crippen LogP contribution < -0.4 is 4.74 Å². The molecule has 3 aromatic rings. The lowest BCUT2D eigenvalue weighted by molar-refractivity contribution is 0.0470. The molecule has 1 saturated carbocycles. The number of rotatable bonds is 8. The zero-order chi connectivity index (χ0) is 22.1. The molecule has 0 atom stereocenters. The molecule has 1 fully saturated rings. The summed E-state index contributed by atoms with van der Waals surface area (Å²) < 4.78 is 18.5. The maximum absolute atomic E-state index is 12.7. The number of benzene rings is 1. The number of nitrogens with zero attached hydrogens (tertiary/aromatic N) is 2. The Hall–Kier alpha value is -3.35. The maximum atomic E-state index is 12.7. The van der Waals surface area contributed by atoms with Gasteiger partial charge < -0.3 is 18.6 Å². The smallest absolute Gasteiger partial charge is 0.342 e. The summed E-state index contributed by atoms with van der Waals surface area (Å²) in [6.45, 7) is 7.49. The van der Waals surface area contributed by atoms with Gasteiger partial charge in [-0.05, 0) is 58.7 Å². The number of carbonyl (C=O) groups excluding carboxylic acids is 2. The number of aryl methyl sites for hydroxylation is 3. The van der Waals surface area contributed by atoms with Crippen LogP contribution in [0.5, 0.6) is 5.75 Å². The van der Waals surface area contributed by atoms with Crippen LogP contribution in [0.1, 0.15) is 68.0 Å². The highest BCUT2D eigenvalue weighted by Crippen LogP contribution is 2.38. The van der Waals surface area contributed by atoms with Gasteiger partial charge in [0.25, 0.3) is 0 Å². The van der Waals surface area contributed by atoms with E-state index in [1.54, 1.807) is 24.3 Å². The summed E-state index contributed by atoms with van der Waals surface area (Å²) in [4.78, 5) is 25.4. The molecule has 0 saturated heterocycles. The highest BCUT2D eigenvalue weighted by Gasteiger charge is 2.28. The van der Waals surface area contributed by atoms with E-state index in [2.05, 4.69) is 9.72 Å². The number of hydrogen-bond acceptors (Lipinski definition) is 6. The summed E-state index contributed by atoms with van der Waals surface area (Å²) in [7, 11) is 0. The monoisotopic (exact) mass is 422 g/mol. The van der Waals surface area contributed by atoms with E-state index in [1.807, 2.05) is 33.8 Å². The van der Waals surface area contributed by atoms with Crippen molar-refractivity contribution >= 4 is 11.8 Å². The molecule has 0 bridgehead atoms. The molecular formula is C24H26N2O5. The van der Waals surface area contributed by atoms with Gasteiger partial charge in [-0.15, -0.1) is 0 Å². The molecule has 31 heavy (non-hydrogen) atoms. The minimum absolute atomic E-state index is 0.206. The molecule has 4 rings (SSSR count). The molecule has 0 spiro atoms. The van der Waals surface area contributed by atoms with E-state index < -0.39 is 5.97 Å². The number of esters is 1. The van der Waals surface area contributed by atoms with Gasteiger partial charge in [-0.25, -0.2) is 4.79 Å². The van der Waals surface area contributed by atoms with Gasteiger partial charge in [0.15, 0.2) is 6.61 Å². The first kappa shape index (κ1) is 20.9. The van der Waals surface area contributed by atoms with Crippen LogP contribution in [0.25, 0.3) is 0 Å². The average Bonchev–Trinajstić information content (AvgIpc) is 3.47. The van der Waals surface area contributed by atoms with Crippen LogP contribution in [0.15, 0.2) is 34.9 Å². The minimum Gasteiger partial charge on any atom is -0.488 e. The molecule has 0 unspecified atom stereocenters. The molecule has 0 N–H and O–H groups in total. The van der Waals surface area contributed by atoms with Gasteiger partial charge in [0.1, 0.15) is 23.7 Å². The number of ether oxygens (including phenoxy) is 2. The molecule has 7 heteroatoms. The molecule has 7 nitrogen and oxygen atoms in total. The first-order chi connectivity index (χ1) is 14.9. The quantitative estimate of drug-likeness (QED) is 0.388. The summed E-state index contributed by atoms with van der Waals surface area (Å²) in [5, 5.41) is 3.91. The van der Waals surface area contributed by atoms with Crippen molar-refractivity contribution in [3.8, 4) is 5.75 Å². The Morgan fingerprint density at radius 3 is 2.55 bits per heavy atom. The largest absolute Gasteiger partial charge is 0.488 e. The molecule has 1 aromatic carbocycles. The second kappa shape index (κ2) is 8.41. The highest BCUT2D eigenvalue weighted by molar-refractivity contribution is 6.01. The van der Waals surface area contributed by atoms with E-state index >= 15 is 0 Å². The van der Waals surface area contributed by atoms with E-state index in [-0.39, 0.29) is 24.6 Å². The lowest BCUT2D eigenvalue weighted by Gasteiger charge is -2.11. The fraction of sp³-hybridized carbons (Fsp3) is 0.375. The zero-order valence-corrected chi connectivity index (χ0v) is 18.2. The van der Waals surface area contributed by atoms with Crippen molar-refractivity contribution in [1.82, 2.24) is 9.72 Å². The number of aromatic nitrogens is 2. The van der Waals surface area contributed by atoms with Crippen molar-refractivity contribution in [3.63, 3.8) is 0 Å². The van der Waals surface area contributed by atoms with Crippen LogP contribution in [-0.2, 0) is 11.3 Å². The van der Waals surface area contributed by atoms with E-state index in [4.69, 9.17) is 14.0 Å². The van der Waals surface area contributed by atoms with E-state index in [1.165, 1.54) is 0 Å². The third-order valence-corrected chi connectivity index (χ3v) is 5.69. The number of Topliss-reactive ketones (excluding diaryl/α,β-unsaturated/α-hetero) is 1. The third kappa shape index (κ3) is 4.26. The number of para-hydroxylation sites is 1. The van der Waals surface area contributed by atoms with Gasteiger partial charge in [0.2, 0.25) is 5.78 Å². The summed E-state index contributed by atoms with van der Waals surface area (Å²) in [6, 6.07) is 9.19. The minimum atomic E-state index is -0.598. The first-order valence-corrected chi connectivity index (χ1v) is 10.4. The maximum Gasteiger partial charge on any atom is 0.342 e. The number of carbonyl (C=O) groups is 2. The van der Waals surface area contributed by atoms with Crippen LogP contribution in [0.4, 0.5) is 0 Å². The fourth-order valence-electron chi connectivity index (χ4n) is 3.86. The average molecular weight is 422 g/mol. The van der Waals surface area contributed by atoms with E-state index in [0.29, 0.717) is 23.1 Å². The van der Waals surface area contributed by atoms with Gasteiger partial charge in [-0.2, -0.15) is 0 Å². The van der Waals surface area contributed by atoms with Crippen molar-refractivity contribution in [2.24, 2.45) is 0 Å². The Morgan fingerprint density at radius 1 is 1.13 bits per heavy atom. The number of ketones is 1. The Labute approximate surface area is 180 Å². The molecular weight excluding hydrogens is 396 g/mol. The third-order valence-electron chi connectivity index (χ3n) is 5.69. The summed E-state index contributed by atoms with van der Waals surface area (Å²) in [5.41, 5.74) is 4.46. The molecule has 1 aliphatic carbocycles. The van der Waals surface area contributed by atoms with Crippen LogP contribution in [-0.4, -0.2) is 28.1 Å². The van der Waals surface area contributed by atoms with Crippen LogP contribution in [0.2, 0.25) is 0 Å². The van der Waals surface area contributed by atoms with Crippen molar-refractivity contribution < 1.29 is 23.6 Å². The van der Waals surface area contributed by atoms with Crippen LogP contribution >= 0.6 is 0 Å². The molecule has 1 aliphatic rings. The van der Waals surface area contributed by atoms with Crippen LogP contribution in [0.3, 0.4) is 0 Å². The molecule has 162 valence electrons. The Morgan fingerprint density at radius 2 is 1.87 bits per heavy atom. The number of hydrogen-bond donors (Lipinski definition) is 0.